The van der Waals surface area contributed by atoms with Crippen molar-refractivity contribution in [2.45, 2.75) is 23.8 Å². The number of rotatable bonds is 10. The highest BCUT2D eigenvalue weighted by Crippen LogP contribution is 2.18. The van der Waals surface area contributed by atoms with Crippen molar-refractivity contribution in [1.29, 1.82) is 5.26 Å². The third-order valence-corrected chi connectivity index (χ3v) is 6.45. The van der Waals surface area contributed by atoms with Crippen molar-refractivity contribution >= 4 is 29.7 Å². The van der Waals surface area contributed by atoms with Gasteiger partial charge in [0.25, 0.3) is 0 Å². The van der Waals surface area contributed by atoms with Crippen LogP contribution in [0.3, 0.4) is 0 Å². The van der Waals surface area contributed by atoms with E-state index in [4.69, 9.17) is 5.26 Å². The molecule has 1 unspecified atom stereocenters. The molecular weight excluding hydrogens is 474 g/mol. The van der Waals surface area contributed by atoms with Gasteiger partial charge in [0.2, 0.25) is 0 Å². The highest BCUT2D eigenvalue weighted by atomic mass is 32.2. The van der Waals surface area contributed by atoms with Gasteiger partial charge >= 0.3 is 17.9 Å². The number of carboxylic acids is 3. The zero-order chi connectivity index (χ0) is 25.6. The summed E-state index contributed by atoms with van der Waals surface area (Å²) < 4.78 is 0. The van der Waals surface area contributed by atoms with Crippen LogP contribution in [-0.4, -0.2) is 119 Å². The Morgan fingerprint density at radius 1 is 0.914 bits per heavy atom. The van der Waals surface area contributed by atoms with Crippen LogP contribution in [0.25, 0.3) is 0 Å². The Kier molecular flexibility index (Phi) is 12.5. The number of hydrogen-bond acceptors (Lipinski definition) is 9. The fourth-order valence-electron chi connectivity index (χ4n) is 4.03. The van der Waals surface area contributed by atoms with E-state index in [0.717, 1.165) is 22.2 Å². The molecule has 1 fully saturated rings. The Morgan fingerprint density at radius 3 is 1.91 bits per heavy atom. The van der Waals surface area contributed by atoms with E-state index in [1.54, 1.807) is 9.80 Å². The van der Waals surface area contributed by atoms with Gasteiger partial charge in [-0.25, -0.2) is 0 Å². The standard InChI is InChI=1S/C23H33N5O6S/c24-17-35-19-4-1-18(2-5-19)3-6-20(23(33)34)28-13-11-26(15-21(29)30)9-7-25-8-10-27(12-14-28)16-22(31)32/h1-2,4-5,20,25H,3,6-16H2,(H,29,30)(H,31,32)(H,33,34). The van der Waals surface area contributed by atoms with Crippen molar-refractivity contribution < 1.29 is 29.7 Å². The van der Waals surface area contributed by atoms with Crippen molar-refractivity contribution in [3.05, 3.63) is 29.8 Å². The largest absolute Gasteiger partial charge is 0.480 e. The van der Waals surface area contributed by atoms with Gasteiger partial charge in [-0.1, -0.05) is 12.1 Å². The maximum Gasteiger partial charge on any atom is 0.320 e. The third-order valence-electron chi connectivity index (χ3n) is 5.85. The summed E-state index contributed by atoms with van der Waals surface area (Å²) in [7, 11) is 0. The summed E-state index contributed by atoms with van der Waals surface area (Å²) in [6, 6.07) is 6.62. The summed E-state index contributed by atoms with van der Waals surface area (Å²) in [6.07, 6.45) is 0.867. The Balaban J connectivity index is 2.15. The highest BCUT2D eigenvalue weighted by molar-refractivity contribution is 8.03. The van der Waals surface area contributed by atoms with E-state index in [0.29, 0.717) is 65.2 Å². The number of nitrogens with one attached hydrogen (secondary N) is 1. The molecule has 192 valence electrons. The summed E-state index contributed by atoms with van der Waals surface area (Å²) in [5, 5.41) is 42.5. The SMILES string of the molecule is N#CSc1ccc(CCC(C(=O)O)N2CCN(CC(=O)O)CCNCCN(CC(=O)O)CC2)cc1. The van der Waals surface area contributed by atoms with Gasteiger partial charge in [0.15, 0.2) is 0 Å². The molecule has 1 aliphatic heterocycles. The van der Waals surface area contributed by atoms with Gasteiger partial charge in [0, 0.05) is 57.3 Å². The summed E-state index contributed by atoms with van der Waals surface area (Å²) in [4.78, 5) is 41.0. The first-order chi connectivity index (χ1) is 16.8. The maximum atomic E-state index is 12.2. The Bertz CT molecular complexity index is 848. The van der Waals surface area contributed by atoms with Crippen molar-refractivity contribution in [2.75, 3.05) is 65.4 Å². The number of carbonyl (C=O) groups is 3. The van der Waals surface area contributed by atoms with Gasteiger partial charge in [0.1, 0.15) is 11.4 Å². The minimum Gasteiger partial charge on any atom is -0.480 e. The lowest BCUT2D eigenvalue weighted by atomic mass is 10.0. The summed E-state index contributed by atoms with van der Waals surface area (Å²) in [6.45, 7) is 3.29. The van der Waals surface area contributed by atoms with Crippen LogP contribution in [0, 0.1) is 10.7 Å². The number of hydrogen-bond donors (Lipinski definition) is 4. The lowest BCUT2D eigenvalue weighted by Gasteiger charge is -2.34. The van der Waals surface area contributed by atoms with Crippen LogP contribution in [0.4, 0.5) is 0 Å². The highest BCUT2D eigenvalue weighted by Gasteiger charge is 2.27. The molecule has 0 radical (unpaired) electrons. The minimum absolute atomic E-state index is 0.133. The number of nitrogens with zero attached hydrogens (tertiary/aromatic N) is 4. The van der Waals surface area contributed by atoms with Crippen molar-refractivity contribution in [2.24, 2.45) is 0 Å². The Hall–Kier alpha value is -2.69. The van der Waals surface area contributed by atoms with Gasteiger partial charge in [-0.3, -0.25) is 29.1 Å². The molecule has 1 aromatic carbocycles. The minimum atomic E-state index is -0.968. The molecule has 1 aromatic rings. The topological polar surface area (TPSA) is 157 Å². The molecule has 1 saturated heterocycles. The molecule has 0 bridgehead atoms. The smallest absolute Gasteiger partial charge is 0.320 e. The van der Waals surface area contributed by atoms with Gasteiger partial charge < -0.3 is 20.6 Å². The van der Waals surface area contributed by atoms with Crippen molar-refractivity contribution in [3.8, 4) is 5.40 Å². The van der Waals surface area contributed by atoms with E-state index in [1.165, 1.54) is 0 Å². The third kappa shape index (κ3) is 11.1. The number of thioether (sulfide) groups is 1. The summed E-state index contributed by atoms with van der Waals surface area (Å²) in [5.74, 6) is -2.85. The second kappa shape index (κ2) is 15.3. The quantitative estimate of drug-likeness (QED) is 0.254. The molecule has 0 amide bonds. The Morgan fingerprint density at radius 2 is 1.46 bits per heavy atom. The average Bonchev–Trinajstić information content (AvgIpc) is 2.78. The number of thiocyanates is 1. The number of benzene rings is 1. The van der Waals surface area contributed by atoms with Crippen molar-refractivity contribution in [1.82, 2.24) is 20.0 Å². The zero-order valence-corrected chi connectivity index (χ0v) is 20.5. The maximum absolute atomic E-state index is 12.2. The van der Waals surface area contributed by atoms with Crippen LogP contribution >= 0.6 is 11.8 Å². The lowest BCUT2D eigenvalue weighted by Crippen LogP contribution is -2.51. The molecule has 0 spiro atoms. The normalized spacial score (nSPS) is 18.0. The molecule has 0 aliphatic carbocycles. The summed E-state index contributed by atoms with van der Waals surface area (Å²) in [5.41, 5.74) is 0.957. The van der Waals surface area contributed by atoms with Crippen LogP contribution in [0.2, 0.25) is 0 Å². The molecule has 12 heteroatoms. The number of aliphatic carboxylic acids is 3. The van der Waals surface area contributed by atoms with Crippen LogP contribution in [-0.2, 0) is 20.8 Å². The molecule has 1 atom stereocenters. The molecule has 1 aliphatic rings. The van der Waals surface area contributed by atoms with E-state index < -0.39 is 23.9 Å². The molecule has 35 heavy (non-hydrogen) atoms. The summed E-state index contributed by atoms with van der Waals surface area (Å²) >= 11 is 1.06. The molecule has 0 aromatic heterocycles. The molecule has 2 rings (SSSR count). The van der Waals surface area contributed by atoms with E-state index in [9.17, 15) is 29.7 Å². The van der Waals surface area contributed by atoms with Crippen LogP contribution < -0.4 is 5.32 Å². The van der Waals surface area contributed by atoms with Crippen LogP contribution in [0.15, 0.2) is 29.2 Å². The predicted molar refractivity (Wildman–Crippen MR) is 130 cm³/mol. The molecule has 4 N–H and O–H groups in total. The molecular formula is C23H33N5O6S. The lowest BCUT2D eigenvalue weighted by molar-refractivity contribution is -0.145. The molecule has 1 heterocycles. The average molecular weight is 508 g/mol. The van der Waals surface area contributed by atoms with Crippen LogP contribution in [0.1, 0.15) is 12.0 Å². The fraction of sp³-hybridized carbons (Fsp3) is 0.565. The van der Waals surface area contributed by atoms with E-state index in [-0.39, 0.29) is 13.1 Å². The van der Waals surface area contributed by atoms with E-state index in [1.807, 2.05) is 34.6 Å². The zero-order valence-electron chi connectivity index (χ0n) is 19.6. The second-order valence-corrected chi connectivity index (χ2v) is 9.21. The van der Waals surface area contributed by atoms with Crippen molar-refractivity contribution in [3.63, 3.8) is 0 Å². The molecule has 11 nitrogen and oxygen atoms in total. The fourth-order valence-corrected chi connectivity index (χ4v) is 4.41. The second-order valence-electron chi connectivity index (χ2n) is 8.36. The van der Waals surface area contributed by atoms with Gasteiger partial charge in [-0.15, -0.1) is 0 Å². The molecule has 0 saturated carbocycles. The number of carboxylic acid groups (broad SMARTS) is 3. The first-order valence-electron chi connectivity index (χ1n) is 11.5. The van der Waals surface area contributed by atoms with Gasteiger partial charge in [-0.05, 0) is 42.3 Å². The van der Waals surface area contributed by atoms with E-state index in [2.05, 4.69) is 5.32 Å². The first kappa shape index (κ1) is 28.5. The number of aryl methyl sites for hydroxylation is 1. The van der Waals surface area contributed by atoms with E-state index >= 15 is 0 Å². The van der Waals surface area contributed by atoms with Gasteiger partial charge in [-0.2, -0.15) is 5.26 Å². The number of nitriles is 1. The monoisotopic (exact) mass is 507 g/mol. The van der Waals surface area contributed by atoms with Crippen LogP contribution in [0.5, 0.6) is 0 Å². The van der Waals surface area contributed by atoms with Gasteiger partial charge in [0.05, 0.1) is 13.1 Å². The first-order valence-corrected chi connectivity index (χ1v) is 12.3. The Labute approximate surface area is 209 Å². The predicted octanol–water partition coefficient (Wildman–Crippen LogP) is 0.324.